The van der Waals surface area contributed by atoms with Gasteiger partial charge in [-0.05, 0) is 49.4 Å². The summed E-state index contributed by atoms with van der Waals surface area (Å²) in [4.78, 5) is 1.16. The van der Waals surface area contributed by atoms with Crippen LogP contribution in [0.5, 0.6) is 11.5 Å². The smallest absolute Gasteiger partial charge is 0.167 e. The second-order valence-corrected chi connectivity index (χ2v) is 6.04. The summed E-state index contributed by atoms with van der Waals surface area (Å²) in [6, 6.07) is 13.3. The molecule has 2 nitrogen and oxygen atoms in total. The zero-order chi connectivity index (χ0) is 14.7. The lowest BCUT2D eigenvalue weighted by Gasteiger charge is -2.13. The molecule has 2 aromatic carbocycles. The summed E-state index contributed by atoms with van der Waals surface area (Å²) >= 11 is 1.67. The molecular formula is C17H18FNOS. The highest BCUT2D eigenvalue weighted by molar-refractivity contribution is 7.98. The predicted molar refractivity (Wildman–Crippen MR) is 84.6 cm³/mol. The molecule has 1 aliphatic carbocycles. The lowest BCUT2D eigenvalue weighted by molar-refractivity contribution is 0.433. The Morgan fingerprint density at radius 1 is 1.19 bits per heavy atom. The van der Waals surface area contributed by atoms with Crippen LogP contribution in [0.3, 0.4) is 0 Å². The molecule has 1 N–H and O–H groups in total. The number of rotatable bonds is 6. The first-order valence-electron chi connectivity index (χ1n) is 7.09. The standard InChI is InChI=1S/C17H18FNOS/c1-21-15-9-7-14(8-10-15)20-17-12(3-2-4-16(17)18)11-19-13-5-6-13/h2-4,7-10,13,19H,5-6,11H2,1H3. The van der Waals surface area contributed by atoms with Gasteiger partial charge in [0, 0.05) is 23.0 Å². The highest BCUT2D eigenvalue weighted by Crippen LogP contribution is 2.30. The molecule has 3 rings (SSSR count). The fourth-order valence-electron chi connectivity index (χ4n) is 2.11. The van der Waals surface area contributed by atoms with Crippen LogP contribution in [-0.2, 0) is 6.54 Å². The van der Waals surface area contributed by atoms with Crippen LogP contribution in [0.15, 0.2) is 47.4 Å². The topological polar surface area (TPSA) is 21.3 Å². The predicted octanol–water partition coefficient (Wildman–Crippen LogP) is 4.59. The number of hydrogen-bond donors (Lipinski definition) is 1. The molecule has 0 unspecified atom stereocenters. The molecule has 2 aromatic rings. The van der Waals surface area contributed by atoms with Crippen LogP contribution in [0.1, 0.15) is 18.4 Å². The Morgan fingerprint density at radius 3 is 2.62 bits per heavy atom. The first-order valence-corrected chi connectivity index (χ1v) is 8.31. The molecule has 0 aliphatic heterocycles. The largest absolute Gasteiger partial charge is 0.454 e. The molecule has 0 heterocycles. The summed E-state index contributed by atoms with van der Waals surface area (Å²) < 4.78 is 19.8. The fourth-order valence-corrected chi connectivity index (χ4v) is 2.52. The van der Waals surface area contributed by atoms with E-state index in [-0.39, 0.29) is 5.82 Å². The third-order valence-corrected chi connectivity index (χ3v) is 4.23. The molecule has 0 atom stereocenters. The van der Waals surface area contributed by atoms with Crippen LogP contribution in [0.25, 0.3) is 0 Å². The summed E-state index contributed by atoms with van der Waals surface area (Å²) in [6.07, 6.45) is 4.44. The maximum atomic E-state index is 14.1. The van der Waals surface area contributed by atoms with Crippen molar-refractivity contribution in [3.8, 4) is 11.5 Å². The Bertz CT molecular complexity index is 611. The van der Waals surface area contributed by atoms with E-state index in [1.165, 1.54) is 18.9 Å². The summed E-state index contributed by atoms with van der Waals surface area (Å²) in [6.45, 7) is 0.640. The van der Waals surface area contributed by atoms with Gasteiger partial charge >= 0.3 is 0 Å². The number of benzene rings is 2. The lowest BCUT2D eigenvalue weighted by Crippen LogP contribution is -2.16. The average Bonchev–Trinajstić information content (AvgIpc) is 3.33. The van der Waals surface area contributed by atoms with Crippen molar-refractivity contribution in [3.63, 3.8) is 0 Å². The maximum Gasteiger partial charge on any atom is 0.167 e. The molecule has 1 fully saturated rings. The number of para-hydroxylation sites is 1. The Balaban J connectivity index is 1.78. The van der Waals surface area contributed by atoms with Crippen molar-refractivity contribution in [1.29, 1.82) is 0 Å². The number of halogens is 1. The van der Waals surface area contributed by atoms with Gasteiger partial charge in [-0.25, -0.2) is 4.39 Å². The molecular weight excluding hydrogens is 285 g/mol. The van der Waals surface area contributed by atoms with Gasteiger partial charge in [0.25, 0.3) is 0 Å². The van der Waals surface area contributed by atoms with E-state index in [0.717, 1.165) is 10.5 Å². The molecule has 110 valence electrons. The number of nitrogens with one attached hydrogen (secondary N) is 1. The quantitative estimate of drug-likeness (QED) is 0.789. The Hall–Kier alpha value is -1.52. The zero-order valence-electron chi connectivity index (χ0n) is 11.9. The summed E-state index contributed by atoms with van der Waals surface area (Å²) in [5, 5.41) is 3.39. The third-order valence-electron chi connectivity index (χ3n) is 3.49. The van der Waals surface area contributed by atoms with Crippen molar-refractivity contribution in [2.24, 2.45) is 0 Å². The highest BCUT2D eigenvalue weighted by Gasteiger charge is 2.21. The minimum atomic E-state index is -0.320. The van der Waals surface area contributed by atoms with Crippen LogP contribution in [0.2, 0.25) is 0 Å². The summed E-state index contributed by atoms with van der Waals surface area (Å²) in [7, 11) is 0. The second kappa shape index (κ2) is 6.50. The molecule has 0 saturated heterocycles. The van der Waals surface area contributed by atoms with Gasteiger partial charge in [-0.15, -0.1) is 11.8 Å². The van der Waals surface area contributed by atoms with Crippen molar-refractivity contribution in [2.45, 2.75) is 30.3 Å². The van der Waals surface area contributed by atoms with E-state index in [4.69, 9.17) is 4.74 Å². The molecule has 0 spiro atoms. The van der Waals surface area contributed by atoms with Gasteiger partial charge in [-0.2, -0.15) is 0 Å². The van der Waals surface area contributed by atoms with Gasteiger partial charge < -0.3 is 10.1 Å². The van der Waals surface area contributed by atoms with Gasteiger partial charge in [0.2, 0.25) is 0 Å². The normalized spacial score (nSPS) is 14.2. The lowest BCUT2D eigenvalue weighted by atomic mass is 10.2. The van der Waals surface area contributed by atoms with E-state index in [1.807, 2.05) is 36.6 Å². The van der Waals surface area contributed by atoms with Gasteiger partial charge in [-0.3, -0.25) is 0 Å². The van der Waals surface area contributed by atoms with E-state index < -0.39 is 0 Å². The van der Waals surface area contributed by atoms with E-state index in [0.29, 0.717) is 24.1 Å². The first-order chi connectivity index (χ1) is 10.3. The van der Waals surface area contributed by atoms with Gasteiger partial charge in [0.15, 0.2) is 11.6 Å². The van der Waals surface area contributed by atoms with Crippen molar-refractivity contribution in [2.75, 3.05) is 6.26 Å². The molecule has 0 bridgehead atoms. The van der Waals surface area contributed by atoms with Crippen molar-refractivity contribution >= 4 is 11.8 Å². The van der Waals surface area contributed by atoms with Gasteiger partial charge in [0.05, 0.1) is 0 Å². The van der Waals surface area contributed by atoms with Crippen molar-refractivity contribution in [3.05, 3.63) is 53.8 Å². The van der Waals surface area contributed by atoms with Gasteiger partial charge in [-0.1, -0.05) is 12.1 Å². The molecule has 4 heteroatoms. The van der Waals surface area contributed by atoms with Gasteiger partial charge in [0.1, 0.15) is 5.75 Å². The van der Waals surface area contributed by atoms with E-state index >= 15 is 0 Å². The first kappa shape index (κ1) is 14.4. The second-order valence-electron chi connectivity index (χ2n) is 5.16. The zero-order valence-corrected chi connectivity index (χ0v) is 12.8. The number of thioether (sulfide) groups is 1. The molecule has 1 saturated carbocycles. The summed E-state index contributed by atoms with van der Waals surface area (Å²) in [5.74, 6) is 0.659. The Kier molecular flexibility index (Phi) is 4.46. The third kappa shape index (κ3) is 3.77. The average molecular weight is 303 g/mol. The molecule has 21 heavy (non-hydrogen) atoms. The van der Waals surface area contributed by atoms with Crippen molar-refractivity contribution in [1.82, 2.24) is 5.32 Å². The minimum Gasteiger partial charge on any atom is -0.454 e. The van der Waals surface area contributed by atoms with Crippen LogP contribution in [0.4, 0.5) is 4.39 Å². The molecule has 0 amide bonds. The number of ether oxygens (including phenoxy) is 1. The van der Waals surface area contributed by atoms with E-state index in [9.17, 15) is 4.39 Å². The fraction of sp³-hybridized carbons (Fsp3) is 0.294. The SMILES string of the molecule is CSc1ccc(Oc2c(F)cccc2CNC2CC2)cc1. The highest BCUT2D eigenvalue weighted by atomic mass is 32.2. The van der Waals surface area contributed by atoms with Crippen LogP contribution in [-0.4, -0.2) is 12.3 Å². The summed E-state index contributed by atoms with van der Waals surface area (Å²) in [5.41, 5.74) is 0.857. The Labute approximate surface area is 128 Å². The van der Waals surface area contributed by atoms with E-state index in [1.54, 1.807) is 17.8 Å². The minimum absolute atomic E-state index is 0.320. The van der Waals surface area contributed by atoms with E-state index in [2.05, 4.69) is 5.32 Å². The molecule has 0 radical (unpaired) electrons. The van der Waals surface area contributed by atoms with Crippen molar-refractivity contribution < 1.29 is 9.13 Å². The van der Waals surface area contributed by atoms with Crippen LogP contribution < -0.4 is 10.1 Å². The Morgan fingerprint density at radius 2 is 1.95 bits per heavy atom. The van der Waals surface area contributed by atoms with Crippen LogP contribution >= 0.6 is 11.8 Å². The molecule has 1 aliphatic rings. The maximum absolute atomic E-state index is 14.1. The number of hydrogen-bond acceptors (Lipinski definition) is 3. The van der Waals surface area contributed by atoms with Crippen LogP contribution in [0, 0.1) is 5.82 Å². The molecule has 0 aromatic heterocycles. The monoisotopic (exact) mass is 303 g/mol.